The molecule has 0 unspecified atom stereocenters. The number of benzene rings is 3. The van der Waals surface area contributed by atoms with Crippen LogP contribution in [0.5, 0.6) is 5.75 Å². The third-order valence-corrected chi connectivity index (χ3v) is 6.72. The van der Waals surface area contributed by atoms with Gasteiger partial charge in [0.05, 0.1) is 11.9 Å². The van der Waals surface area contributed by atoms with Crippen molar-refractivity contribution in [1.82, 2.24) is 14.9 Å². The number of carbonyl (C=O) groups excluding carboxylic acids is 1. The number of hydrogen-bond acceptors (Lipinski definition) is 6. The van der Waals surface area contributed by atoms with Crippen molar-refractivity contribution in [3.8, 4) is 5.75 Å². The molecule has 0 saturated carbocycles. The fourth-order valence-electron chi connectivity index (χ4n) is 4.31. The number of amides is 1. The van der Waals surface area contributed by atoms with E-state index in [0.717, 1.165) is 34.8 Å². The third-order valence-electron chi connectivity index (χ3n) is 6.72. The molecule has 0 bridgehead atoms. The van der Waals surface area contributed by atoms with Gasteiger partial charge in [0.15, 0.2) is 0 Å². The highest BCUT2D eigenvalue weighted by molar-refractivity contribution is 5.92. The van der Waals surface area contributed by atoms with E-state index >= 15 is 0 Å². The minimum absolute atomic E-state index is 0.0400. The molecule has 0 aliphatic rings. The van der Waals surface area contributed by atoms with E-state index in [1.807, 2.05) is 43.1 Å². The number of fused-ring (bicyclic) bond motifs is 1. The molecule has 7 nitrogen and oxygen atoms in total. The average Bonchev–Trinajstić information content (AvgIpc) is 2.88. The van der Waals surface area contributed by atoms with Crippen molar-refractivity contribution in [1.29, 1.82) is 0 Å². The van der Waals surface area contributed by atoms with E-state index < -0.39 is 5.92 Å². The summed E-state index contributed by atoms with van der Waals surface area (Å²) in [7, 11) is 5.25. The van der Waals surface area contributed by atoms with E-state index in [1.165, 1.54) is 17.0 Å². The van der Waals surface area contributed by atoms with Crippen molar-refractivity contribution in [2.75, 3.05) is 31.4 Å². The summed E-state index contributed by atoms with van der Waals surface area (Å²) in [6.07, 6.45) is 0.0858. The number of phenolic OH excluding ortho intramolecular Hbond substituents is 1. The second kappa shape index (κ2) is 10.8. The summed E-state index contributed by atoms with van der Waals surface area (Å²) < 4.78 is 27.8. The molecule has 2 N–H and O–H groups in total. The van der Waals surface area contributed by atoms with Crippen LogP contribution < -0.4 is 10.2 Å². The second-order valence-electron chi connectivity index (χ2n) is 10.0. The molecule has 39 heavy (non-hydrogen) atoms. The molecule has 0 radical (unpaired) electrons. The van der Waals surface area contributed by atoms with Gasteiger partial charge in [-0.15, -0.1) is 0 Å². The largest absolute Gasteiger partial charge is 0.508 e. The second-order valence-corrected chi connectivity index (χ2v) is 10.0. The number of rotatable bonds is 8. The predicted molar refractivity (Wildman–Crippen MR) is 151 cm³/mol. The molecule has 4 rings (SSSR count). The molecule has 4 aromatic rings. The molecule has 1 amide bonds. The van der Waals surface area contributed by atoms with Gasteiger partial charge < -0.3 is 20.2 Å². The first-order chi connectivity index (χ1) is 18.3. The Kier molecular flexibility index (Phi) is 7.72. The zero-order valence-electron chi connectivity index (χ0n) is 23.0. The minimum Gasteiger partial charge on any atom is -0.508 e. The van der Waals surface area contributed by atoms with E-state index in [0.29, 0.717) is 17.2 Å². The Morgan fingerprint density at radius 3 is 2.41 bits per heavy atom. The number of aromatic hydroxyl groups is 1. The van der Waals surface area contributed by atoms with E-state index in [2.05, 4.69) is 15.3 Å². The lowest BCUT2D eigenvalue weighted by Crippen LogP contribution is -2.23. The van der Waals surface area contributed by atoms with Gasteiger partial charge in [0.1, 0.15) is 17.4 Å². The number of alkyl halides is 2. The topological polar surface area (TPSA) is 81.6 Å². The summed E-state index contributed by atoms with van der Waals surface area (Å²) in [5.74, 6) is -1.80. The van der Waals surface area contributed by atoms with Gasteiger partial charge in [0.25, 0.3) is 5.92 Å². The lowest BCUT2D eigenvalue weighted by atomic mass is 10.0. The van der Waals surface area contributed by atoms with Gasteiger partial charge in [0, 0.05) is 62.0 Å². The summed E-state index contributed by atoms with van der Waals surface area (Å²) >= 11 is 0. The lowest BCUT2D eigenvalue weighted by Gasteiger charge is -2.23. The molecule has 0 fully saturated rings. The van der Waals surface area contributed by atoms with Gasteiger partial charge in [-0.05, 0) is 61.9 Å². The van der Waals surface area contributed by atoms with Crippen LogP contribution in [0.2, 0.25) is 0 Å². The first-order valence-corrected chi connectivity index (χ1v) is 12.6. The molecular weight excluding hydrogens is 500 g/mol. The Bertz CT molecular complexity index is 1520. The summed E-state index contributed by atoms with van der Waals surface area (Å²) in [5, 5.41) is 14.5. The SMILES string of the molecule is Cc1nc(N[C@H](C)c2cccc(C(C)(F)F)c2)c2cc(N(C)c3ccc(O)c(CC(=O)N(C)C)c3)ccc2n1. The highest BCUT2D eigenvalue weighted by Gasteiger charge is 2.25. The van der Waals surface area contributed by atoms with Gasteiger partial charge in [0.2, 0.25) is 5.91 Å². The van der Waals surface area contributed by atoms with Gasteiger partial charge in [-0.1, -0.05) is 18.2 Å². The zero-order valence-corrected chi connectivity index (χ0v) is 23.0. The molecule has 1 heterocycles. The van der Waals surface area contributed by atoms with Crippen molar-refractivity contribution in [2.45, 2.75) is 39.2 Å². The number of anilines is 3. The highest BCUT2D eigenvalue weighted by atomic mass is 19.3. The summed E-state index contributed by atoms with van der Waals surface area (Å²) in [5.41, 5.74) is 3.59. The predicted octanol–water partition coefficient (Wildman–Crippen LogP) is 6.33. The number of phenols is 1. The van der Waals surface area contributed by atoms with Crippen molar-refractivity contribution >= 4 is 34.0 Å². The molecule has 1 atom stereocenters. The Hall–Kier alpha value is -4.27. The maximum Gasteiger partial charge on any atom is 0.270 e. The Morgan fingerprint density at radius 2 is 1.72 bits per heavy atom. The molecule has 3 aromatic carbocycles. The lowest BCUT2D eigenvalue weighted by molar-refractivity contribution is -0.128. The Balaban J connectivity index is 1.67. The molecule has 0 saturated heterocycles. The minimum atomic E-state index is -2.93. The number of nitrogens with one attached hydrogen (secondary N) is 1. The number of carbonyl (C=O) groups is 1. The van der Waals surface area contributed by atoms with Crippen molar-refractivity contribution in [2.24, 2.45) is 0 Å². The fourth-order valence-corrected chi connectivity index (χ4v) is 4.31. The zero-order chi connectivity index (χ0) is 28.5. The molecule has 0 aliphatic carbocycles. The maximum atomic E-state index is 13.9. The van der Waals surface area contributed by atoms with Gasteiger partial charge >= 0.3 is 0 Å². The molecular formula is C30H33F2N5O2. The van der Waals surface area contributed by atoms with Crippen LogP contribution in [-0.2, 0) is 17.1 Å². The van der Waals surface area contributed by atoms with Crippen LogP contribution in [0.4, 0.5) is 26.0 Å². The molecule has 0 aliphatic heterocycles. The standard InChI is InChI=1S/C30H33F2N5O2/c1-18(20-8-7-9-22(14-20)30(3,31)32)33-29-25-17-24(10-12-26(25)34-19(2)35-29)37(6)23-11-13-27(38)21(15-23)16-28(39)36(4)5/h7-15,17-18,38H,16H2,1-6H3,(H,33,34,35)/t18-/m1/s1. The number of aryl methyl sites for hydroxylation is 1. The number of nitrogens with zero attached hydrogens (tertiary/aromatic N) is 4. The molecule has 9 heteroatoms. The van der Waals surface area contributed by atoms with Gasteiger partial charge in [-0.3, -0.25) is 4.79 Å². The van der Waals surface area contributed by atoms with Crippen LogP contribution in [0, 0.1) is 6.92 Å². The first-order valence-electron chi connectivity index (χ1n) is 12.6. The van der Waals surface area contributed by atoms with Gasteiger partial charge in [-0.25, -0.2) is 18.7 Å². The quantitative estimate of drug-likeness (QED) is 0.276. The van der Waals surface area contributed by atoms with Crippen molar-refractivity contribution in [3.63, 3.8) is 0 Å². The van der Waals surface area contributed by atoms with E-state index in [9.17, 15) is 18.7 Å². The van der Waals surface area contributed by atoms with Crippen LogP contribution in [0.1, 0.15) is 42.4 Å². The highest BCUT2D eigenvalue weighted by Crippen LogP contribution is 2.34. The van der Waals surface area contributed by atoms with Crippen LogP contribution >= 0.6 is 0 Å². The van der Waals surface area contributed by atoms with Crippen LogP contribution in [0.15, 0.2) is 60.7 Å². The third kappa shape index (κ3) is 6.25. The smallest absolute Gasteiger partial charge is 0.270 e. The Morgan fingerprint density at radius 1 is 1.03 bits per heavy atom. The number of halogens is 2. The van der Waals surface area contributed by atoms with Crippen LogP contribution in [0.25, 0.3) is 10.9 Å². The van der Waals surface area contributed by atoms with Crippen molar-refractivity contribution < 1.29 is 18.7 Å². The monoisotopic (exact) mass is 533 g/mol. The Labute approximate surface area is 227 Å². The average molecular weight is 534 g/mol. The number of aromatic nitrogens is 2. The van der Waals surface area contributed by atoms with Gasteiger partial charge in [-0.2, -0.15) is 0 Å². The summed E-state index contributed by atoms with van der Waals surface area (Å²) in [6, 6.07) is 17.0. The van der Waals surface area contributed by atoms with Crippen molar-refractivity contribution in [3.05, 3.63) is 83.2 Å². The summed E-state index contributed by atoms with van der Waals surface area (Å²) in [4.78, 5) is 24.9. The maximum absolute atomic E-state index is 13.9. The number of hydrogen-bond donors (Lipinski definition) is 2. The van der Waals surface area contributed by atoms with E-state index in [1.54, 1.807) is 45.3 Å². The van der Waals surface area contributed by atoms with E-state index in [-0.39, 0.29) is 29.7 Å². The van der Waals surface area contributed by atoms with Crippen LogP contribution in [-0.4, -0.2) is 47.0 Å². The number of likely N-dealkylation sites (N-methyl/N-ethyl adjacent to an activating group) is 1. The molecule has 1 aromatic heterocycles. The van der Waals surface area contributed by atoms with E-state index in [4.69, 9.17) is 0 Å². The summed E-state index contributed by atoms with van der Waals surface area (Å²) in [6.45, 7) is 4.60. The normalized spacial score (nSPS) is 12.3. The molecule has 0 spiro atoms. The fraction of sp³-hybridized carbons (Fsp3) is 0.300. The van der Waals surface area contributed by atoms with Crippen LogP contribution in [0.3, 0.4) is 0 Å². The first kappa shape index (κ1) is 27.8. The molecule has 204 valence electrons.